The van der Waals surface area contributed by atoms with Gasteiger partial charge in [0.2, 0.25) is 0 Å². The van der Waals surface area contributed by atoms with Crippen LogP contribution in [0.4, 0.5) is 0 Å². The van der Waals surface area contributed by atoms with Crippen molar-refractivity contribution in [2.24, 2.45) is 16.7 Å². The number of hydrogen-bond donors (Lipinski definition) is 0. The van der Waals surface area contributed by atoms with Crippen molar-refractivity contribution in [1.82, 2.24) is 0 Å². The van der Waals surface area contributed by atoms with Crippen LogP contribution in [0.5, 0.6) is 0 Å². The largest absolute Gasteiger partial charge is 0.0988 e. The van der Waals surface area contributed by atoms with Crippen LogP contribution in [-0.2, 0) is 0 Å². The molecule has 0 aromatic rings. The van der Waals surface area contributed by atoms with Crippen LogP contribution < -0.4 is 0 Å². The minimum absolute atomic E-state index is 0.385. The van der Waals surface area contributed by atoms with Crippen LogP contribution in [0.3, 0.4) is 0 Å². The highest BCUT2D eigenvalue weighted by Gasteiger charge is 2.50. The molecule has 1 fully saturated rings. The predicted octanol–water partition coefficient (Wildman–Crippen LogP) is 6.45. The average Bonchev–Trinajstić information content (AvgIpc) is 2.42. The van der Waals surface area contributed by atoms with Crippen molar-refractivity contribution in [1.29, 1.82) is 0 Å². The molecule has 0 spiro atoms. The Kier molecular flexibility index (Phi) is 4.33. The molecule has 0 N–H and O–H groups in total. The summed E-state index contributed by atoms with van der Waals surface area (Å²) < 4.78 is 0. The molecular weight excluding hydrogens is 240 g/mol. The molecule has 3 atom stereocenters. The summed E-state index contributed by atoms with van der Waals surface area (Å²) >= 11 is 0. The summed E-state index contributed by atoms with van der Waals surface area (Å²) in [4.78, 5) is 0. The molecule has 0 bridgehead atoms. The molecule has 2 aliphatic rings. The van der Waals surface area contributed by atoms with Gasteiger partial charge < -0.3 is 0 Å². The fourth-order valence-corrected chi connectivity index (χ4v) is 4.95. The summed E-state index contributed by atoms with van der Waals surface area (Å²) in [6.45, 7) is 15.9. The Balaban J connectivity index is 2.49. The van der Waals surface area contributed by atoms with Crippen molar-refractivity contribution in [3.05, 3.63) is 35.5 Å². The van der Waals surface area contributed by atoms with Crippen molar-refractivity contribution >= 4 is 0 Å². The van der Waals surface area contributed by atoms with Gasteiger partial charge >= 0.3 is 0 Å². The molecule has 2 aliphatic carbocycles. The molecule has 0 heterocycles. The second kappa shape index (κ2) is 5.54. The second-order valence-electron chi connectivity index (χ2n) is 7.66. The molecule has 0 radical (unpaired) electrons. The molecule has 0 aromatic carbocycles. The van der Waals surface area contributed by atoms with Gasteiger partial charge in [-0.1, -0.05) is 63.5 Å². The Morgan fingerprint density at radius 1 is 1.35 bits per heavy atom. The first-order valence-electron chi connectivity index (χ1n) is 8.38. The molecule has 20 heavy (non-hydrogen) atoms. The number of rotatable bonds is 3. The average molecular weight is 272 g/mol. The van der Waals surface area contributed by atoms with Crippen molar-refractivity contribution in [2.75, 3.05) is 0 Å². The van der Waals surface area contributed by atoms with E-state index in [1.54, 1.807) is 11.1 Å². The van der Waals surface area contributed by atoms with E-state index in [4.69, 9.17) is 0 Å². The normalized spacial score (nSPS) is 38.6. The Morgan fingerprint density at radius 3 is 2.65 bits per heavy atom. The molecule has 0 heteroatoms. The van der Waals surface area contributed by atoms with Crippen LogP contribution in [0.15, 0.2) is 35.5 Å². The molecule has 0 nitrogen and oxygen atoms in total. The van der Waals surface area contributed by atoms with Gasteiger partial charge in [0.1, 0.15) is 0 Å². The number of hydrogen-bond acceptors (Lipinski definition) is 0. The molecule has 0 aliphatic heterocycles. The highest BCUT2D eigenvalue weighted by atomic mass is 14.5. The molecular formula is C20H32. The van der Waals surface area contributed by atoms with Crippen LogP contribution >= 0.6 is 0 Å². The summed E-state index contributed by atoms with van der Waals surface area (Å²) in [6, 6.07) is 0. The summed E-state index contributed by atoms with van der Waals surface area (Å²) in [5, 5.41) is 0. The maximum absolute atomic E-state index is 3.93. The molecule has 0 saturated heterocycles. The SMILES string of the molecule is C=C/C(C)=C\C1=C(C)CCC2C(C)(CC)CCCC12C. The van der Waals surface area contributed by atoms with Gasteiger partial charge in [0.05, 0.1) is 0 Å². The smallest absolute Gasteiger partial charge is 0.00422 e. The van der Waals surface area contributed by atoms with E-state index < -0.39 is 0 Å². The monoisotopic (exact) mass is 272 g/mol. The van der Waals surface area contributed by atoms with Crippen LogP contribution in [0.25, 0.3) is 0 Å². The minimum Gasteiger partial charge on any atom is -0.0988 e. The van der Waals surface area contributed by atoms with Crippen LogP contribution in [0.1, 0.15) is 73.1 Å². The van der Waals surface area contributed by atoms with E-state index in [0.29, 0.717) is 10.8 Å². The molecule has 112 valence electrons. The topological polar surface area (TPSA) is 0 Å². The first kappa shape index (κ1) is 15.6. The van der Waals surface area contributed by atoms with E-state index in [1.165, 1.54) is 44.1 Å². The zero-order chi connectivity index (χ0) is 15.0. The number of fused-ring (bicyclic) bond motifs is 1. The maximum Gasteiger partial charge on any atom is -0.00422 e. The van der Waals surface area contributed by atoms with Crippen LogP contribution in [0, 0.1) is 16.7 Å². The highest BCUT2D eigenvalue weighted by molar-refractivity contribution is 5.39. The fourth-order valence-electron chi connectivity index (χ4n) is 4.95. The van der Waals surface area contributed by atoms with Gasteiger partial charge in [0, 0.05) is 0 Å². The van der Waals surface area contributed by atoms with E-state index in [2.05, 4.69) is 47.3 Å². The van der Waals surface area contributed by atoms with Crippen molar-refractivity contribution in [2.45, 2.75) is 73.1 Å². The van der Waals surface area contributed by atoms with E-state index >= 15 is 0 Å². The molecule has 0 amide bonds. The number of allylic oxidation sites excluding steroid dienone is 5. The first-order valence-corrected chi connectivity index (χ1v) is 8.38. The lowest BCUT2D eigenvalue weighted by molar-refractivity contribution is -0.000925. The van der Waals surface area contributed by atoms with Gasteiger partial charge in [0.15, 0.2) is 0 Å². The Hall–Kier alpha value is -0.780. The van der Waals surface area contributed by atoms with Gasteiger partial charge in [0.25, 0.3) is 0 Å². The van der Waals surface area contributed by atoms with Crippen molar-refractivity contribution in [3.8, 4) is 0 Å². The van der Waals surface area contributed by atoms with E-state index in [-0.39, 0.29) is 0 Å². The third-order valence-corrected chi connectivity index (χ3v) is 6.44. The van der Waals surface area contributed by atoms with E-state index in [9.17, 15) is 0 Å². The summed E-state index contributed by atoms with van der Waals surface area (Å²) in [6.07, 6.45) is 12.6. The second-order valence-corrected chi connectivity index (χ2v) is 7.66. The first-order chi connectivity index (χ1) is 9.37. The van der Waals surface area contributed by atoms with Gasteiger partial charge in [-0.2, -0.15) is 0 Å². The van der Waals surface area contributed by atoms with Gasteiger partial charge in [-0.05, 0) is 61.9 Å². The third kappa shape index (κ3) is 2.43. The standard InChI is InChI=1S/C20H32/c1-7-15(3)14-17-16(4)10-11-18-19(5,8-2)12-9-13-20(17,18)6/h7,14,18H,1,8-13H2,2-6H3/b15-14-. The van der Waals surface area contributed by atoms with Crippen molar-refractivity contribution < 1.29 is 0 Å². The highest BCUT2D eigenvalue weighted by Crippen LogP contribution is 2.60. The Bertz CT molecular complexity index is 451. The lowest BCUT2D eigenvalue weighted by Gasteiger charge is -2.56. The third-order valence-electron chi connectivity index (χ3n) is 6.44. The zero-order valence-electron chi connectivity index (χ0n) is 14.2. The van der Waals surface area contributed by atoms with Gasteiger partial charge in [-0.15, -0.1) is 0 Å². The fraction of sp³-hybridized carbons (Fsp3) is 0.700. The maximum atomic E-state index is 3.93. The molecule has 1 saturated carbocycles. The van der Waals surface area contributed by atoms with Crippen LogP contribution in [0.2, 0.25) is 0 Å². The minimum atomic E-state index is 0.385. The lowest BCUT2D eigenvalue weighted by atomic mass is 9.49. The quantitative estimate of drug-likeness (QED) is 0.518. The van der Waals surface area contributed by atoms with E-state index in [0.717, 1.165) is 5.92 Å². The Labute approximate surface area is 126 Å². The van der Waals surface area contributed by atoms with E-state index in [1.807, 2.05) is 6.08 Å². The summed E-state index contributed by atoms with van der Waals surface area (Å²) in [5.41, 5.74) is 5.48. The predicted molar refractivity (Wildman–Crippen MR) is 89.7 cm³/mol. The van der Waals surface area contributed by atoms with Gasteiger partial charge in [-0.25, -0.2) is 0 Å². The summed E-state index contributed by atoms with van der Waals surface area (Å²) in [5.74, 6) is 0.848. The molecule has 2 rings (SSSR count). The molecule has 0 aromatic heterocycles. The molecule has 3 unspecified atom stereocenters. The van der Waals surface area contributed by atoms with Crippen LogP contribution in [-0.4, -0.2) is 0 Å². The summed E-state index contributed by atoms with van der Waals surface area (Å²) in [7, 11) is 0. The van der Waals surface area contributed by atoms with Crippen molar-refractivity contribution in [3.63, 3.8) is 0 Å². The lowest BCUT2D eigenvalue weighted by Crippen LogP contribution is -2.46. The Morgan fingerprint density at radius 2 is 2.05 bits per heavy atom. The zero-order valence-corrected chi connectivity index (χ0v) is 14.2. The van der Waals surface area contributed by atoms with Gasteiger partial charge in [-0.3, -0.25) is 0 Å².